The molecule has 0 aliphatic carbocycles. The molecule has 1 heterocycles. The van der Waals surface area contributed by atoms with Crippen LogP contribution in [0.1, 0.15) is 37.8 Å². The number of hydrogen-bond donors (Lipinski definition) is 0. The number of benzene rings is 2. The van der Waals surface area contributed by atoms with Gasteiger partial charge in [-0.25, -0.2) is 4.39 Å². The Balaban J connectivity index is 2.17. The fraction of sp³-hybridized carbons (Fsp3) is 0.263. The van der Waals surface area contributed by atoms with Crippen LogP contribution in [0, 0.1) is 5.82 Å². The summed E-state index contributed by atoms with van der Waals surface area (Å²) in [6.45, 7) is 4.48. The fourth-order valence-corrected chi connectivity index (χ4v) is 4.17. The molecule has 3 rings (SSSR count). The highest BCUT2D eigenvalue weighted by Crippen LogP contribution is 2.49. The Morgan fingerprint density at radius 2 is 1.62 bits per heavy atom. The lowest BCUT2D eigenvalue weighted by Gasteiger charge is -2.34. The van der Waals surface area contributed by atoms with Gasteiger partial charge in [-0.3, -0.25) is 0 Å². The zero-order valence-electron chi connectivity index (χ0n) is 12.4. The number of halogens is 1. The summed E-state index contributed by atoms with van der Waals surface area (Å²) in [5.74, 6) is -0.185. The first-order valence-electron chi connectivity index (χ1n) is 7.44. The molecule has 2 heteroatoms. The molecule has 0 radical (unpaired) electrons. The molecule has 0 aromatic heterocycles. The van der Waals surface area contributed by atoms with Crippen molar-refractivity contribution in [1.82, 2.24) is 0 Å². The van der Waals surface area contributed by atoms with E-state index in [0.29, 0.717) is 0 Å². The average molecular weight is 298 g/mol. The summed E-state index contributed by atoms with van der Waals surface area (Å²) in [4.78, 5) is 1.32. The molecule has 0 saturated heterocycles. The van der Waals surface area contributed by atoms with Gasteiger partial charge in [0.1, 0.15) is 5.82 Å². The summed E-state index contributed by atoms with van der Waals surface area (Å²) >= 11 is 1.96. The van der Waals surface area contributed by atoms with Crippen molar-refractivity contribution in [3.8, 4) is 0 Å². The van der Waals surface area contributed by atoms with E-state index in [0.717, 1.165) is 18.4 Å². The van der Waals surface area contributed by atoms with Crippen molar-refractivity contribution >= 4 is 17.3 Å². The summed E-state index contributed by atoms with van der Waals surface area (Å²) < 4.78 is 13.3. The molecule has 0 nitrogen and oxygen atoms in total. The summed E-state index contributed by atoms with van der Waals surface area (Å²) in [5.41, 5.74) is 3.58. The Kier molecular flexibility index (Phi) is 3.90. The molecule has 1 aliphatic heterocycles. The lowest BCUT2D eigenvalue weighted by atomic mass is 9.90. The molecular weight excluding hydrogens is 279 g/mol. The predicted molar refractivity (Wildman–Crippen MR) is 89.1 cm³/mol. The maximum atomic E-state index is 13.2. The Morgan fingerprint density at radius 1 is 0.952 bits per heavy atom. The Bertz CT molecular complexity index is 666. The Hall–Kier alpha value is -1.54. The van der Waals surface area contributed by atoms with Gasteiger partial charge in [0, 0.05) is 9.64 Å². The first-order chi connectivity index (χ1) is 10.2. The van der Waals surface area contributed by atoms with Gasteiger partial charge in [0.2, 0.25) is 0 Å². The number of fused-ring (bicyclic) bond motifs is 1. The van der Waals surface area contributed by atoms with E-state index in [1.54, 1.807) is 12.1 Å². The smallest absolute Gasteiger partial charge is 0.123 e. The number of rotatable bonds is 3. The summed E-state index contributed by atoms with van der Waals surface area (Å²) in [6.07, 6.45) is 4.56. The van der Waals surface area contributed by atoms with Gasteiger partial charge < -0.3 is 0 Å². The van der Waals surface area contributed by atoms with Crippen LogP contribution in [0.4, 0.5) is 4.39 Å². The first kappa shape index (κ1) is 14.4. The van der Waals surface area contributed by atoms with Crippen molar-refractivity contribution in [2.75, 3.05) is 0 Å². The Morgan fingerprint density at radius 3 is 2.29 bits per heavy atom. The topological polar surface area (TPSA) is 0 Å². The third-order valence-electron chi connectivity index (χ3n) is 4.25. The van der Waals surface area contributed by atoms with E-state index >= 15 is 0 Å². The average Bonchev–Trinajstić information content (AvgIpc) is 2.54. The SMILES string of the molecule is CCC1(CC)C=C(c2ccc(F)cc2)c2ccccc2S1. The van der Waals surface area contributed by atoms with Gasteiger partial charge in [0.15, 0.2) is 0 Å². The molecule has 0 saturated carbocycles. The zero-order valence-corrected chi connectivity index (χ0v) is 13.2. The van der Waals surface area contributed by atoms with Crippen LogP contribution in [0.5, 0.6) is 0 Å². The van der Waals surface area contributed by atoms with Crippen molar-refractivity contribution in [1.29, 1.82) is 0 Å². The summed E-state index contributed by atoms with van der Waals surface area (Å²) in [7, 11) is 0. The molecule has 21 heavy (non-hydrogen) atoms. The second-order valence-corrected chi connectivity index (χ2v) is 6.89. The van der Waals surface area contributed by atoms with Crippen molar-refractivity contribution in [2.24, 2.45) is 0 Å². The highest BCUT2D eigenvalue weighted by atomic mass is 32.2. The molecule has 1 aliphatic rings. The molecule has 2 aromatic carbocycles. The third-order valence-corrected chi connectivity index (χ3v) is 5.93. The summed E-state index contributed by atoms with van der Waals surface area (Å²) in [6, 6.07) is 15.4. The molecule has 0 bridgehead atoms. The minimum atomic E-state index is -0.185. The fourth-order valence-electron chi connectivity index (χ4n) is 2.83. The number of thioether (sulfide) groups is 1. The van der Waals surface area contributed by atoms with Gasteiger partial charge in [0.25, 0.3) is 0 Å². The van der Waals surface area contributed by atoms with Gasteiger partial charge in [-0.05, 0) is 47.7 Å². The van der Waals surface area contributed by atoms with Crippen LogP contribution >= 0.6 is 11.8 Å². The molecule has 0 fully saturated rings. The quantitative estimate of drug-likeness (QED) is 0.677. The van der Waals surface area contributed by atoms with Gasteiger partial charge in [-0.15, -0.1) is 11.8 Å². The van der Waals surface area contributed by atoms with Crippen LogP contribution in [0.3, 0.4) is 0 Å². The van der Waals surface area contributed by atoms with Crippen LogP contribution < -0.4 is 0 Å². The highest BCUT2D eigenvalue weighted by Gasteiger charge is 2.31. The molecule has 108 valence electrons. The van der Waals surface area contributed by atoms with Crippen molar-refractivity contribution in [2.45, 2.75) is 36.3 Å². The molecule has 0 unspecified atom stereocenters. The minimum Gasteiger partial charge on any atom is -0.207 e. The Labute approximate surface area is 130 Å². The second kappa shape index (κ2) is 5.69. The number of hydrogen-bond acceptors (Lipinski definition) is 1. The standard InChI is InChI=1S/C19H19FS/c1-3-19(4-2)13-17(14-9-11-15(20)12-10-14)16-7-5-6-8-18(16)21-19/h5-13H,3-4H2,1-2H3. The normalized spacial score (nSPS) is 16.2. The van der Waals surface area contributed by atoms with Crippen molar-refractivity contribution in [3.63, 3.8) is 0 Å². The van der Waals surface area contributed by atoms with E-state index in [9.17, 15) is 4.39 Å². The van der Waals surface area contributed by atoms with Gasteiger partial charge in [-0.2, -0.15) is 0 Å². The minimum absolute atomic E-state index is 0.137. The van der Waals surface area contributed by atoms with E-state index in [1.165, 1.54) is 16.0 Å². The van der Waals surface area contributed by atoms with Gasteiger partial charge in [0.05, 0.1) is 0 Å². The zero-order chi connectivity index (χ0) is 14.9. The maximum absolute atomic E-state index is 13.2. The monoisotopic (exact) mass is 298 g/mol. The maximum Gasteiger partial charge on any atom is 0.123 e. The third kappa shape index (κ3) is 2.65. The van der Waals surface area contributed by atoms with Crippen LogP contribution in [0.15, 0.2) is 59.5 Å². The lowest BCUT2D eigenvalue weighted by Crippen LogP contribution is -2.23. The van der Waals surface area contributed by atoms with E-state index in [2.05, 4.69) is 44.2 Å². The van der Waals surface area contributed by atoms with Crippen molar-refractivity contribution < 1.29 is 4.39 Å². The predicted octanol–water partition coefficient (Wildman–Crippen LogP) is 5.92. The van der Waals surface area contributed by atoms with E-state index in [4.69, 9.17) is 0 Å². The van der Waals surface area contributed by atoms with Crippen LogP contribution in [0.25, 0.3) is 5.57 Å². The largest absolute Gasteiger partial charge is 0.207 e. The molecule has 0 atom stereocenters. The van der Waals surface area contributed by atoms with E-state index in [1.807, 2.05) is 23.9 Å². The molecule has 0 amide bonds. The van der Waals surface area contributed by atoms with Crippen LogP contribution in [-0.2, 0) is 0 Å². The highest BCUT2D eigenvalue weighted by molar-refractivity contribution is 8.01. The molecule has 0 spiro atoms. The summed E-state index contributed by atoms with van der Waals surface area (Å²) in [5, 5.41) is 0. The molecular formula is C19H19FS. The molecule has 2 aromatic rings. The van der Waals surface area contributed by atoms with Gasteiger partial charge >= 0.3 is 0 Å². The lowest BCUT2D eigenvalue weighted by molar-refractivity contribution is 0.627. The van der Waals surface area contributed by atoms with Crippen LogP contribution in [-0.4, -0.2) is 4.75 Å². The molecule has 0 N–H and O–H groups in total. The van der Waals surface area contributed by atoms with E-state index in [-0.39, 0.29) is 10.6 Å². The van der Waals surface area contributed by atoms with Gasteiger partial charge in [-0.1, -0.05) is 50.3 Å². The van der Waals surface area contributed by atoms with E-state index < -0.39 is 0 Å². The first-order valence-corrected chi connectivity index (χ1v) is 8.26. The van der Waals surface area contributed by atoms with Crippen LogP contribution in [0.2, 0.25) is 0 Å². The second-order valence-electron chi connectivity index (χ2n) is 5.44. The van der Waals surface area contributed by atoms with Crippen molar-refractivity contribution in [3.05, 3.63) is 71.6 Å².